The number of hydrogen-bond donors (Lipinski definition) is 2. The molecule has 25 heavy (non-hydrogen) atoms. The van der Waals surface area contributed by atoms with Crippen molar-refractivity contribution < 1.29 is 9.59 Å². The number of nitrogens with two attached hydrogens (primary N) is 1. The molecular weight excluding hydrogens is 316 g/mol. The summed E-state index contributed by atoms with van der Waals surface area (Å²) < 4.78 is 0. The molecule has 2 heterocycles. The third-order valence-electron chi connectivity index (χ3n) is 4.48. The fourth-order valence-corrected chi connectivity index (χ4v) is 3.01. The molecule has 2 atom stereocenters. The highest BCUT2D eigenvalue weighted by atomic mass is 16.2. The van der Waals surface area contributed by atoms with Crippen molar-refractivity contribution in [2.75, 3.05) is 13.1 Å². The molecule has 0 spiro atoms. The average Bonchev–Trinajstić information content (AvgIpc) is 2.61. The number of amides is 2. The second kappa shape index (κ2) is 7.90. The quantitative estimate of drug-likeness (QED) is 0.824. The Bertz CT molecular complexity index is 721. The topological polar surface area (TPSA) is 88.3 Å². The summed E-state index contributed by atoms with van der Waals surface area (Å²) in [5.41, 5.74) is 7.32. The van der Waals surface area contributed by atoms with E-state index in [9.17, 15) is 9.59 Å². The van der Waals surface area contributed by atoms with E-state index in [0.29, 0.717) is 19.4 Å². The fourth-order valence-electron chi connectivity index (χ4n) is 3.01. The Hall–Kier alpha value is -2.73. The molecule has 2 amide bonds. The van der Waals surface area contributed by atoms with Crippen LogP contribution in [0.4, 0.5) is 0 Å². The van der Waals surface area contributed by atoms with Gasteiger partial charge < -0.3 is 16.0 Å². The van der Waals surface area contributed by atoms with E-state index in [1.807, 2.05) is 48.5 Å². The van der Waals surface area contributed by atoms with Crippen LogP contribution in [-0.2, 0) is 16.0 Å². The molecular formula is C19H22N4O2. The molecule has 1 aromatic carbocycles. The highest BCUT2D eigenvalue weighted by Crippen LogP contribution is 2.21. The van der Waals surface area contributed by atoms with Gasteiger partial charge in [-0.05, 0) is 24.1 Å². The Kier molecular flexibility index (Phi) is 5.40. The van der Waals surface area contributed by atoms with Crippen molar-refractivity contribution in [3.63, 3.8) is 0 Å². The summed E-state index contributed by atoms with van der Waals surface area (Å²) in [5, 5.41) is 3.08. The van der Waals surface area contributed by atoms with Gasteiger partial charge in [0.2, 0.25) is 11.8 Å². The smallest absolute Gasteiger partial charge is 0.243 e. The lowest BCUT2D eigenvalue weighted by atomic mass is 9.98. The fraction of sp³-hybridized carbons (Fsp3) is 0.316. The lowest BCUT2D eigenvalue weighted by molar-refractivity contribution is -0.146. The molecule has 1 saturated heterocycles. The molecule has 1 aliphatic heterocycles. The molecule has 1 aliphatic rings. The van der Waals surface area contributed by atoms with E-state index >= 15 is 0 Å². The normalized spacial score (nSPS) is 17.5. The standard InChI is InChI=1S/C19H22N4O2/c20-13-18(24)23-11-9-17(23)19(25)22-16(14-6-2-1-3-7-14)12-15-8-4-5-10-21-15/h1-8,10,16-17H,9,11-13,20H2,(H,22,25). The Morgan fingerprint density at radius 2 is 1.96 bits per heavy atom. The van der Waals surface area contributed by atoms with Crippen LogP contribution < -0.4 is 11.1 Å². The van der Waals surface area contributed by atoms with Crippen molar-refractivity contribution >= 4 is 11.8 Å². The molecule has 1 aromatic heterocycles. The van der Waals surface area contributed by atoms with Crippen LogP contribution in [0, 0.1) is 0 Å². The van der Waals surface area contributed by atoms with Crippen LogP contribution >= 0.6 is 0 Å². The molecule has 6 nitrogen and oxygen atoms in total. The summed E-state index contributed by atoms with van der Waals surface area (Å²) in [5.74, 6) is -0.328. The number of aromatic nitrogens is 1. The van der Waals surface area contributed by atoms with Crippen molar-refractivity contribution in [2.24, 2.45) is 5.73 Å². The number of nitrogens with one attached hydrogen (secondary N) is 1. The SMILES string of the molecule is NCC(=O)N1CCC1C(=O)NC(Cc1ccccn1)c1ccccc1. The summed E-state index contributed by atoms with van der Waals surface area (Å²) in [4.78, 5) is 30.3. The van der Waals surface area contributed by atoms with E-state index in [0.717, 1.165) is 11.3 Å². The van der Waals surface area contributed by atoms with Gasteiger partial charge in [-0.15, -0.1) is 0 Å². The molecule has 130 valence electrons. The van der Waals surface area contributed by atoms with E-state index in [1.54, 1.807) is 6.20 Å². The predicted octanol–water partition coefficient (Wildman–Crippen LogP) is 1.04. The zero-order valence-electron chi connectivity index (χ0n) is 14.0. The molecule has 3 N–H and O–H groups in total. The van der Waals surface area contributed by atoms with Crippen LogP contribution in [0.25, 0.3) is 0 Å². The third-order valence-corrected chi connectivity index (χ3v) is 4.48. The second-order valence-corrected chi connectivity index (χ2v) is 6.09. The van der Waals surface area contributed by atoms with E-state index in [-0.39, 0.29) is 24.4 Å². The molecule has 6 heteroatoms. The van der Waals surface area contributed by atoms with Crippen LogP contribution in [0.15, 0.2) is 54.7 Å². The summed E-state index contributed by atoms with van der Waals surface area (Å²) >= 11 is 0. The number of pyridine rings is 1. The number of nitrogens with zero attached hydrogens (tertiary/aromatic N) is 2. The molecule has 2 aromatic rings. The van der Waals surface area contributed by atoms with E-state index < -0.39 is 6.04 Å². The first-order chi connectivity index (χ1) is 12.2. The Labute approximate surface area is 147 Å². The molecule has 0 radical (unpaired) electrons. The van der Waals surface area contributed by atoms with Gasteiger partial charge in [-0.1, -0.05) is 36.4 Å². The van der Waals surface area contributed by atoms with Crippen LogP contribution in [0.5, 0.6) is 0 Å². The van der Waals surface area contributed by atoms with Crippen molar-refractivity contribution in [2.45, 2.75) is 24.9 Å². The number of carbonyl (C=O) groups excluding carboxylic acids is 2. The van der Waals surface area contributed by atoms with Gasteiger partial charge in [-0.3, -0.25) is 14.6 Å². The Morgan fingerprint density at radius 3 is 2.56 bits per heavy atom. The van der Waals surface area contributed by atoms with Crippen LogP contribution in [0.2, 0.25) is 0 Å². The maximum absolute atomic E-state index is 12.7. The minimum atomic E-state index is -0.425. The van der Waals surface area contributed by atoms with E-state index in [2.05, 4.69) is 10.3 Å². The predicted molar refractivity (Wildman–Crippen MR) is 94.4 cm³/mol. The number of carbonyl (C=O) groups is 2. The van der Waals surface area contributed by atoms with Gasteiger partial charge in [0.1, 0.15) is 6.04 Å². The number of benzene rings is 1. The largest absolute Gasteiger partial charge is 0.347 e. The minimum Gasteiger partial charge on any atom is -0.347 e. The average molecular weight is 338 g/mol. The first-order valence-electron chi connectivity index (χ1n) is 8.44. The number of hydrogen-bond acceptors (Lipinski definition) is 4. The van der Waals surface area contributed by atoms with Crippen LogP contribution in [0.3, 0.4) is 0 Å². The molecule has 2 unspecified atom stereocenters. The summed E-state index contributed by atoms with van der Waals surface area (Å²) in [6, 6.07) is 14.9. The van der Waals surface area contributed by atoms with Crippen molar-refractivity contribution in [3.8, 4) is 0 Å². The number of rotatable bonds is 6. The molecule has 0 bridgehead atoms. The highest BCUT2D eigenvalue weighted by Gasteiger charge is 2.37. The van der Waals surface area contributed by atoms with Gasteiger partial charge in [0.25, 0.3) is 0 Å². The van der Waals surface area contributed by atoms with Gasteiger partial charge in [0.05, 0.1) is 12.6 Å². The number of likely N-dealkylation sites (tertiary alicyclic amines) is 1. The van der Waals surface area contributed by atoms with Crippen molar-refractivity contribution in [3.05, 3.63) is 66.0 Å². The maximum Gasteiger partial charge on any atom is 0.243 e. The summed E-state index contributed by atoms with van der Waals surface area (Å²) in [6.07, 6.45) is 3.00. The van der Waals surface area contributed by atoms with E-state index in [4.69, 9.17) is 5.73 Å². The van der Waals surface area contributed by atoms with Gasteiger partial charge in [0.15, 0.2) is 0 Å². The zero-order chi connectivity index (χ0) is 17.6. The maximum atomic E-state index is 12.7. The summed E-state index contributed by atoms with van der Waals surface area (Å²) in [7, 11) is 0. The monoisotopic (exact) mass is 338 g/mol. The molecule has 0 saturated carbocycles. The van der Waals surface area contributed by atoms with Crippen molar-refractivity contribution in [1.29, 1.82) is 0 Å². The second-order valence-electron chi connectivity index (χ2n) is 6.09. The Morgan fingerprint density at radius 1 is 1.20 bits per heavy atom. The van der Waals surface area contributed by atoms with Gasteiger partial charge >= 0.3 is 0 Å². The molecule has 1 fully saturated rings. The molecule has 3 rings (SSSR count). The first-order valence-corrected chi connectivity index (χ1v) is 8.44. The van der Waals surface area contributed by atoms with Crippen LogP contribution in [-0.4, -0.2) is 40.8 Å². The van der Waals surface area contributed by atoms with Crippen molar-refractivity contribution in [1.82, 2.24) is 15.2 Å². The zero-order valence-corrected chi connectivity index (χ0v) is 14.0. The third kappa shape index (κ3) is 4.03. The van der Waals surface area contributed by atoms with Gasteiger partial charge in [-0.2, -0.15) is 0 Å². The minimum absolute atomic E-state index is 0.0696. The lowest BCUT2D eigenvalue weighted by Crippen LogP contribution is -2.59. The Balaban J connectivity index is 1.74. The van der Waals surface area contributed by atoms with Gasteiger partial charge in [-0.25, -0.2) is 0 Å². The van der Waals surface area contributed by atoms with E-state index in [1.165, 1.54) is 4.90 Å². The van der Waals surface area contributed by atoms with Crippen LogP contribution in [0.1, 0.15) is 23.7 Å². The van der Waals surface area contributed by atoms with Gasteiger partial charge in [0, 0.05) is 24.9 Å². The first kappa shape index (κ1) is 17.1. The summed E-state index contributed by atoms with van der Waals surface area (Å²) in [6.45, 7) is 0.518. The molecule has 0 aliphatic carbocycles. The lowest BCUT2D eigenvalue weighted by Gasteiger charge is -2.40. The highest BCUT2D eigenvalue weighted by molar-refractivity contribution is 5.90.